The van der Waals surface area contributed by atoms with E-state index in [0.717, 1.165) is 36.5 Å². The van der Waals surface area contributed by atoms with E-state index in [0.29, 0.717) is 12.0 Å². The molecule has 0 aliphatic carbocycles. The first-order valence-corrected chi connectivity index (χ1v) is 7.61. The van der Waals surface area contributed by atoms with Gasteiger partial charge in [-0.05, 0) is 59.2 Å². The maximum absolute atomic E-state index is 12.5. The van der Waals surface area contributed by atoms with Crippen LogP contribution in [0.5, 0.6) is 0 Å². The summed E-state index contributed by atoms with van der Waals surface area (Å²) < 4.78 is 2.22. The topological polar surface area (TPSA) is 46.1 Å². The van der Waals surface area contributed by atoms with Crippen molar-refractivity contribution < 1.29 is 4.79 Å². The molecule has 2 unspecified atom stereocenters. The summed E-state index contributed by atoms with van der Waals surface area (Å²) in [5.41, 5.74) is 3.04. The number of amides is 1. The zero-order valence-corrected chi connectivity index (χ0v) is 14.5. The molecule has 1 fully saturated rings. The molecule has 120 valence electrons. The number of nitrogens with one attached hydrogen (secondary N) is 2. The van der Waals surface area contributed by atoms with E-state index in [4.69, 9.17) is 0 Å². The summed E-state index contributed by atoms with van der Waals surface area (Å²) >= 11 is 0. The van der Waals surface area contributed by atoms with Crippen molar-refractivity contribution in [1.29, 1.82) is 0 Å². The summed E-state index contributed by atoms with van der Waals surface area (Å²) in [6.45, 7) is 12.6. The number of halogens is 1. The average molecular weight is 314 g/mol. The highest BCUT2D eigenvalue weighted by molar-refractivity contribution is 5.96. The Labute approximate surface area is 134 Å². The minimum atomic E-state index is 0. The van der Waals surface area contributed by atoms with Crippen molar-refractivity contribution in [1.82, 2.24) is 15.2 Å². The molecule has 4 nitrogen and oxygen atoms in total. The number of aryl methyl sites for hydroxylation is 1. The summed E-state index contributed by atoms with van der Waals surface area (Å²) in [6.07, 6.45) is 1.01. The third kappa shape index (κ3) is 3.80. The number of hydrogen-bond acceptors (Lipinski definition) is 2. The molecule has 0 spiro atoms. The number of aromatic nitrogens is 1. The van der Waals surface area contributed by atoms with Crippen molar-refractivity contribution in [2.45, 2.75) is 53.1 Å². The lowest BCUT2D eigenvalue weighted by atomic mass is 9.95. The monoisotopic (exact) mass is 313 g/mol. The van der Waals surface area contributed by atoms with E-state index < -0.39 is 0 Å². The van der Waals surface area contributed by atoms with E-state index in [2.05, 4.69) is 42.9 Å². The lowest BCUT2D eigenvalue weighted by Gasteiger charge is -2.30. The van der Waals surface area contributed by atoms with Gasteiger partial charge in [0.25, 0.3) is 5.91 Å². The third-order valence-corrected chi connectivity index (χ3v) is 4.35. The van der Waals surface area contributed by atoms with Crippen LogP contribution in [0.3, 0.4) is 0 Å². The van der Waals surface area contributed by atoms with Crippen LogP contribution in [-0.2, 0) is 0 Å². The number of rotatable bonds is 3. The summed E-state index contributed by atoms with van der Waals surface area (Å²) in [5.74, 6) is 0.560. The predicted molar refractivity (Wildman–Crippen MR) is 89.4 cm³/mol. The standard InChI is InChI=1S/C16H27N3O.ClH/c1-10(2)19-12(4)8-14(13(19)5)16(20)18-15-6-7-17-9-11(15)3;/h8,10-11,15,17H,6-7,9H2,1-5H3,(H,18,20);1H. The van der Waals surface area contributed by atoms with Crippen molar-refractivity contribution in [2.24, 2.45) is 5.92 Å². The molecular formula is C16H28ClN3O. The second-order valence-corrected chi connectivity index (χ2v) is 6.30. The average Bonchev–Trinajstić information content (AvgIpc) is 2.67. The summed E-state index contributed by atoms with van der Waals surface area (Å²) in [4.78, 5) is 12.5. The Morgan fingerprint density at radius 3 is 2.62 bits per heavy atom. The van der Waals surface area contributed by atoms with Crippen LogP contribution in [-0.4, -0.2) is 29.6 Å². The molecule has 0 bridgehead atoms. The molecule has 2 heterocycles. The van der Waals surface area contributed by atoms with Crippen LogP contribution in [0, 0.1) is 19.8 Å². The summed E-state index contributed by atoms with van der Waals surface area (Å²) in [6, 6.07) is 2.68. The van der Waals surface area contributed by atoms with Gasteiger partial charge < -0.3 is 15.2 Å². The smallest absolute Gasteiger partial charge is 0.253 e. The zero-order valence-electron chi connectivity index (χ0n) is 13.7. The number of piperidine rings is 1. The van der Waals surface area contributed by atoms with Crippen molar-refractivity contribution in [3.05, 3.63) is 23.0 Å². The highest BCUT2D eigenvalue weighted by Crippen LogP contribution is 2.21. The maximum Gasteiger partial charge on any atom is 0.253 e. The highest BCUT2D eigenvalue weighted by atomic mass is 35.5. The first-order valence-electron chi connectivity index (χ1n) is 7.61. The lowest BCUT2D eigenvalue weighted by molar-refractivity contribution is 0.0913. The van der Waals surface area contributed by atoms with Crippen LogP contribution in [0.25, 0.3) is 0 Å². The number of carbonyl (C=O) groups excluding carboxylic acids is 1. The largest absolute Gasteiger partial charge is 0.349 e. The molecule has 1 saturated heterocycles. The summed E-state index contributed by atoms with van der Waals surface area (Å²) in [7, 11) is 0. The second kappa shape index (κ2) is 7.32. The molecule has 0 saturated carbocycles. The molecule has 1 aromatic rings. The van der Waals surface area contributed by atoms with Gasteiger partial charge in [-0.1, -0.05) is 6.92 Å². The van der Waals surface area contributed by atoms with E-state index in [1.807, 2.05) is 13.0 Å². The number of hydrogen-bond donors (Lipinski definition) is 2. The fraction of sp³-hybridized carbons (Fsp3) is 0.688. The van der Waals surface area contributed by atoms with Gasteiger partial charge in [0.15, 0.2) is 0 Å². The minimum Gasteiger partial charge on any atom is -0.349 e. The van der Waals surface area contributed by atoms with E-state index in [1.165, 1.54) is 0 Å². The Balaban J connectivity index is 0.00000220. The predicted octanol–water partition coefficient (Wildman–Crippen LogP) is 2.84. The Bertz CT molecular complexity index is 496. The van der Waals surface area contributed by atoms with E-state index >= 15 is 0 Å². The highest BCUT2D eigenvalue weighted by Gasteiger charge is 2.25. The molecule has 2 N–H and O–H groups in total. The molecule has 1 aromatic heterocycles. The van der Waals surface area contributed by atoms with Crippen molar-refractivity contribution >= 4 is 18.3 Å². The first-order chi connectivity index (χ1) is 9.41. The van der Waals surface area contributed by atoms with Gasteiger partial charge in [-0.25, -0.2) is 0 Å². The van der Waals surface area contributed by atoms with E-state index in [9.17, 15) is 4.79 Å². The first kappa shape index (κ1) is 18.1. The van der Waals surface area contributed by atoms with Crippen LogP contribution in [0.15, 0.2) is 6.07 Å². The van der Waals surface area contributed by atoms with Crippen LogP contribution in [0.1, 0.15) is 55.0 Å². The molecule has 1 aliphatic rings. The van der Waals surface area contributed by atoms with Gasteiger partial charge in [0.2, 0.25) is 0 Å². The molecule has 5 heteroatoms. The molecule has 2 rings (SSSR count). The SMILES string of the molecule is Cc1cc(C(=O)NC2CCNCC2C)c(C)n1C(C)C.Cl. The van der Waals surface area contributed by atoms with Gasteiger partial charge in [0.1, 0.15) is 0 Å². The van der Waals surface area contributed by atoms with Crippen molar-refractivity contribution in [3.63, 3.8) is 0 Å². The molecular weight excluding hydrogens is 286 g/mol. The van der Waals surface area contributed by atoms with Crippen LogP contribution >= 0.6 is 12.4 Å². The molecule has 0 radical (unpaired) electrons. The normalized spacial score (nSPS) is 22.0. The molecule has 2 atom stereocenters. The van der Waals surface area contributed by atoms with Crippen molar-refractivity contribution in [3.8, 4) is 0 Å². The van der Waals surface area contributed by atoms with Gasteiger partial charge in [-0.2, -0.15) is 0 Å². The number of carbonyl (C=O) groups is 1. The maximum atomic E-state index is 12.5. The van der Waals surface area contributed by atoms with Crippen LogP contribution < -0.4 is 10.6 Å². The molecule has 1 aliphatic heterocycles. The summed E-state index contributed by atoms with van der Waals surface area (Å²) in [5, 5.41) is 6.57. The van der Waals surface area contributed by atoms with Crippen molar-refractivity contribution in [2.75, 3.05) is 13.1 Å². The van der Waals surface area contributed by atoms with E-state index in [-0.39, 0.29) is 24.4 Å². The van der Waals surface area contributed by atoms with Crippen LogP contribution in [0.4, 0.5) is 0 Å². The van der Waals surface area contributed by atoms with Gasteiger partial charge in [-0.15, -0.1) is 12.4 Å². The van der Waals surface area contributed by atoms with Crippen LogP contribution in [0.2, 0.25) is 0 Å². The number of nitrogens with zero attached hydrogens (tertiary/aromatic N) is 1. The van der Waals surface area contributed by atoms with Gasteiger partial charge in [-0.3, -0.25) is 4.79 Å². The van der Waals surface area contributed by atoms with E-state index in [1.54, 1.807) is 0 Å². The minimum absolute atomic E-state index is 0. The molecule has 1 amide bonds. The third-order valence-electron chi connectivity index (χ3n) is 4.35. The fourth-order valence-corrected chi connectivity index (χ4v) is 3.28. The Kier molecular flexibility index (Phi) is 6.29. The zero-order chi connectivity index (χ0) is 14.9. The lowest BCUT2D eigenvalue weighted by Crippen LogP contribution is -2.48. The Hall–Kier alpha value is -1.000. The Morgan fingerprint density at radius 1 is 1.43 bits per heavy atom. The fourth-order valence-electron chi connectivity index (χ4n) is 3.28. The molecule has 0 aromatic carbocycles. The Morgan fingerprint density at radius 2 is 2.10 bits per heavy atom. The van der Waals surface area contributed by atoms with Gasteiger partial charge >= 0.3 is 0 Å². The van der Waals surface area contributed by atoms with Gasteiger partial charge in [0.05, 0.1) is 5.56 Å². The van der Waals surface area contributed by atoms with Gasteiger partial charge in [0, 0.05) is 23.5 Å². The quantitative estimate of drug-likeness (QED) is 0.901. The molecule has 21 heavy (non-hydrogen) atoms. The second-order valence-electron chi connectivity index (χ2n) is 6.30.